The number of hydrazine groups is 1. The second kappa shape index (κ2) is 7.70. The molecule has 0 unspecified atom stereocenters. The standard InChI is InChI=1S/C23H25N3O3/c1-17-8-10-18(11-9-17)21(28)24-16-20(27)25-14-5-15-26(25)22(29)23(12-13-23)19-6-3-2-4-7-19/h2-4,6-11H,5,12-16H2,1H3,(H,24,28). The Morgan fingerprint density at radius 2 is 1.59 bits per heavy atom. The van der Waals surface area contributed by atoms with Crippen molar-refractivity contribution in [1.29, 1.82) is 0 Å². The number of nitrogens with one attached hydrogen (secondary N) is 1. The Morgan fingerprint density at radius 3 is 2.24 bits per heavy atom. The maximum Gasteiger partial charge on any atom is 0.260 e. The molecule has 1 N–H and O–H groups in total. The molecule has 0 atom stereocenters. The summed E-state index contributed by atoms with van der Waals surface area (Å²) in [6.07, 6.45) is 2.35. The van der Waals surface area contributed by atoms with Crippen LogP contribution in [-0.4, -0.2) is 47.4 Å². The summed E-state index contributed by atoms with van der Waals surface area (Å²) < 4.78 is 0. The van der Waals surface area contributed by atoms with E-state index in [1.807, 2.05) is 49.4 Å². The van der Waals surface area contributed by atoms with Crippen LogP contribution in [0.1, 0.15) is 40.7 Å². The van der Waals surface area contributed by atoms with E-state index in [0.717, 1.165) is 30.4 Å². The first-order valence-corrected chi connectivity index (χ1v) is 10.0. The van der Waals surface area contributed by atoms with Crippen LogP contribution in [0.5, 0.6) is 0 Å². The van der Waals surface area contributed by atoms with E-state index in [-0.39, 0.29) is 24.3 Å². The second-order valence-corrected chi connectivity index (χ2v) is 7.80. The predicted molar refractivity (Wildman–Crippen MR) is 109 cm³/mol. The van der Waals surface area contributed by atoms with Gasteiger partial charge in [-0.15, -0.1) is 0 Å². The summed E-state index contributed by atoms with van der Waals surface area (Å²) in [5, 5.41) is 5.76. The zero-order chi connectivity index (χ0) is 20.4. The Hall–Kier alpha value is -3.15. The van der Waals surface area contributed by atoms with Crippen LogP contribution in [-0.2, 0) is 15.0 Å². The Labute approximate surface area is 170 Å². The van der Waals surface area contributed by atoms with Gasteiger partial charge >= 0.3 is 0 Å². The Morgan fingerprint density at radius 1 is 0.931 bits per heavy atom. The van der Waals surface area contributed by atoms with Gasteiger partial charge in [0.1, 0.15) is 0 Å². The summed E-state index contributed by atoms with van der Waals surface area (Å²) >= 11 is 0. The number of benzene rings is 2. The molecule has 0 radical (unpaired) electrons. The monoisotopic (exact) mass is 391 g/mol. The highest BCUT2D eigenvalue weighted by molar-refractivity contribution is 5.97. The van der Waals surface area contributed by atoms with E-state index in [1.54, 1.807) is 17.1 Å². The molecule has 4 rings (SSSR count). The van der Waals surface area contributed by atoms with Crippen LogP contribution in [0.4, 0.5) is 0 Å². The summed E-state index contributed by atoms with van der Waals surface area (Å²) in [5.74, 6) is -0.571. The van der Waals surface area contributed by atoms with Crippen molar-refractivity contribution in [2.24, 2.45) is 0 Å². The first-order valence-electron chi connectivity index (χ1n) is 10.0. The molecule has 2 aromatic rings. The van der Waals surface area contributed by atoms with Gasteiger partial charge in [0.15, 0.2) is 0 Å². The molecule has 6 nitrogen and oxygen atoms in total. The summed E-state index contributed by atoms with van der Waals surface area (Å²) in [7, 11) is 0. The lowest BCUT2D eigenvalue weighted by atomic mass is 9.95. The average Bonchev–Trinajstić information content (AvgIpc) is 3.42. The van der Waals surface area contributed by atoms with E-state index in [0.29, 0.717) is 18.7 Å². The Balaban J connectivity index is 1.40. The minimum Gasteiger partial charge on any atom is -0.343 e. The summed E-state index contributed by atoms with van der Waals surface area (Å²) in [6.45, 7) is 2.85. The normalized spacial score (nSPS) is 17.1. The lowest BCUT2D eigenvalue weighted by molar-refractivity contribution is -0.158. The lowest BCUT2D eigenvalue weighted by Gasteiger charge is -2.31. The lowest BCUT2D eigenvalue weighted by Crippen LogP contribution is -2.51. The number of hydrogen-bond acceptors (Lipinski definition) is 3. The first kappa shape index (κ1) is 19.2. The third-order valence-corrected chi connectivity index (χ3v) is 5.75. The van der Waals surface area contributed by atoms with Crippen LogP contribution in [0.25, 0.3) is 0 Å². The molecule has 1 aliphatic heterocycles. The first-order chi connectivity index (χ1) is 14.0. The number of carbonyl (C=O) groups is 3. The fourth-order valence-corrected chi connectivity index (χ4v) is 3.89. The maximum atomic E-state index is 13.3. The maximum absolute atomic E-state index is 13.3. The number of carbonyl (C=O) groups excluding carboxylic acids is 3. The van der Waals surface area contributed by atoms with E-state index >= 15 is 0 Å². The number of amides is 3. The smallest absolute Gasteiger partial charge is 0.260 e. The van der Waals surface area contributed by atoms with Crippen LogP contribution >= 0.6 is 0 Å². The molecule has 1 aliphatic carbocycles. The quantitative estimate of drug-likeness (QED) is 0.851. The van der Waals surface area contributed by atoms with Crippen molar-refractivity contribution in [2.45, 2.75) is 31.6 Å². The topological polar surface area (TPSA) is 69.7 Å². The molecule has 29 heavy (non-hydrogen) atoms. The summed E-state index contributed by atoms with van der Waals surface area (Å²) in [4.78, 5) is 38.3. The highest BCUT2D eigenvalue weighted by Crippen LogP contribution is 2.50. The molecule has 2 aromatic carbocycles. The highest BCUT2D eigenvalue weighted by atomic mass is 16.2. The second-order valence-electron chi connectivity index (χ2n) is 7.80. The average molecular weight is 391 g/mol. The van der Waals surface area contributed by atoms with Crippen LogP contribution in [0.2, 0.25) is 0 Å². The molecule has 2 aliphatic rings. The molecule has 2 fully saturated rings. The molecular formula is C23H25N3O3. The number of nitrogens with zero attached hydrogens (tertiary/aromatic N) is 2. The van der Waals surface area contributed by atoms with Crippen LogP contribution in [0.15, 0.2) is 54.6 Å². The van der Waals surface area contributed by atoms with Gasteiger partial charge in [0.25, 0.3) is 17.7 Å². The van der Waals surface area contributed by atoms with Crippen molar-refractivity contribution in [3.8, 4) is 0 Å². The molecule has 3 amide bonds. The van der Waals surface area contributed by atoms with Gasteiger partial charge in [-0.25, -0.2) is 5.01 Å². The molecular weight excluding hydrogens is 366 g/mol. The van der Waals surface area contributed by atoms with Crippen molar-refractivity contribution in [2.75, 3.05) is 19.6 Å². The Kier molecular flexibility index (Phi) is 5.09. The molecule has 1 saturated heterocycles. The van der Waals surface area contributed by atoms with Gasteiger partial charge in [0, 0.05) is 18.7 Å². The third-order valence-electron chi connectivity index (χ3n) is 5.75. The fourth-order valence-electron chi connectivity index (χ4n) is 3.89. The van der Waals surface area contributed by atoms with Crippen molar-refractivity contribution < 1.29 is 14.4 Å². The van der Waals surface area contributed by atoms with Gasteiger partial charge in [-0.2, -0.15) is 0 Å². The number of rotatable bonds is 5. The van der Waals surface area contributed by atoms with Gasteiger partial charge < -0.3 is 5.32 Å². The van der Waals surface area contributed by atoms with E-state index in [4.69, 9.17) is 0 Å². The summed E-state index contributed by atoms with van der Waals surface area (Å²) in [5.41, 5.74) is 2.09. The molecule has 6 heteroatoms. The van der Waals surface area contributed by atoms with E-state index in [9.17, 15) is 14.4 Å². The largest absolute Gasteiger partial charge is 0.343 e. The zero-order valence-electron chi connectivity index (χ0n) is 16.6. The number of aryl methyl sites for hydroxylation is 1. The van der Waals surface area contributed by atoms with E-state index in [2.05, 4.69) is 5.32 Å². The van der Waals surface area contributed by atoms with Crippen molar-refractivity contribution >= 4 is 17.7 Å². The minimum atomic E-state index is -0.505. The van der Waals surface area contributed by atoms with Gasteiger partial charge in [-0.1, -0.05) is 48.0 Å². The SMILES string of the molecule is Cc1ccc(C(=O)NCC(=O)N2CCCN2C(=O)C2(c3ccccc3)CC2)cc1. The third kappa shape index (κ3) is 3.75. The number of hydrogen-bond donors (Lipinski definition) is 1. The van der Waals surface area contributed by atoms with Crippen LogP contribution in [0.3, 0.4) is 0 Å². The zero-order valence-corrected chi connectivity index (χ0v) is 16.6. The fraction of sp³-hybridized carbons (Fsp3) is 0.348. The van der Waals surface area contributed by atoms with Crippen molar-refractivity contribution in [3.63, 3.8) is 0 Å². The van der Waals surface area contributed by atoms with Gasteiger partial charge in [0.05, 0.1) is 12.0 Å². The molecule has 150 valence electrons. The van der Waals surface area contributed by atoms with Gasteiger partial charge in [0.2, 0.25) is 0 Å². The van der Waals surface area contributed by atoms with E-state index < -0.39 is 5.41 Å². The van der Waals surface area contributed by atoms with Gasteiger partial charge in [-0.3, -0.25) is 19.4 Å². The van der Waals surface area contributed by atoms with Crippen LogP contribution < -0.4 is 5.32 Å². The summed E-state index contributed by atoms with van der Waals surface area (Å²) in [6, 6.07) is 17.0. The Bertz CT molecular complexity index is 920. The predicted octanol–water partition coefficient (Wildman–Crippen LogP) is 2.43. The van der Waals surface area contributed by atoms with Crippen LogP contribution in [0, 0.1) is 6.92 Å². The van der Waals surface area contributed by atoms with Gasteiger partial charge in [-0.05, 0) is 43.9 Å². The highest BCUT2D eigenvalue weighted by Gasteiger charge is 2.54. The molecule has 0 aromatic heterocycles. The molecule has 1 saturated carbocycles. The molecule has 1 heterocycles. The molecule has 0 bridgehead atoms. The van der Waals surface area contributed by atoms with Crippen molar-refractivity contribution in [1.82, 2.24) is 15.3 Å². The van der Waals surface area contributed by atoms with Crippen molar-refractivity contribution in [3.05, 3.63) is 71.3 Å². The molecule has 0 spiro atoms. The minimum absolute atomic E-state index is 0.0144. The van der Waals surface area contributed by atoms with E-state index in [1.165, 1.54) is 5.01 Å².